The maximum Gasteiger partial charge on any atom is 0.0386 e. The van der Waals surface area contributed by atoms with Crippen molar-refractivity contribution in [3.05, 3.63) is 35.2 Å². The van der Waals surface area contributed by atoms with Crippen LogP contribution in [-0.2, 0) is 0 Å². The monoisotopic (exact) mass is 243 g/mol. The molecule has 1 aromatic heterocycles. The first-order valence-corrected chi connectivity index (χ1v) is 6.74. The Morgan fingerprint density at radius 3 is 2.94 bits per heavy atom. The van der Waals surface area contributed by atoms with E-state index in [0.29, 0.717) is 6.04 Å². The van der Waals surface area contributed by atoms with Crippen molar-refractivity contribution in [3.63, 3.8) is 0 Å². The minimum absolute atomic E-state index is 0.408. The molecule has 0 aliphatic rings. The molecule has 2 heteroatoms. The fourth-order valence-electron chi connectivity index (χ4n) is 1.79. The molecule has 17 heavy (non-hydrogen) atoms. The number of fused-ring (bicyclic) bond motifs is 1. The highest BCUT2D eigenvalue weighted by molar-refractivity contribution is 7.19. The van der Waals surface area contributed by atoms with Gasteiger partial charge in [-0.2, -0.15) is 0 Å². The fraction of sp³-hybridized carbons (Fsp3) is 0.333. The molecule has 2 aromatic rings. The van der Waals surface area contributed by atoms with Crippen molar-refractivity contribution in [2.24, 2.45) is 0 Å². The molecule has 1 unspecified atom stereocenters. The number of nitrogens with one attached hydrogen (secondary N) is 1. The summed E-state index contributed by atoms with van der Waals surface area (Å²) in [6.45, 7) is 5.05. The summed E-state index contributed by atoms with van der Waals surface area (Å²) in [6, 6.07) is 11.2. The Kier molecular flexibility index (Phi) is 4.19. The quantitative estimate of drug-likeness (QED) is 0.633. The van der Waals surface area contributed by atoms with Gasteiger partial charge in [-0.15, -0.1) is 23.2 Å². The Hall–Kier alpha value is -1.30. The highest BCUT2D eigenvalue weighted by Crippen LogP contribution is 2.29. The van der Waals surface area contributed by atoms with Crippen LogP contribution in [0.4, 0.5) is 0 Å². The number of thiophene rings is 1. The van der Waals surface area contributed by atoms with Crippen LogP contribution in [-0.4, -0.2) is 6.54 Å². The predicted octanol–water partition coefficient (Wildman–Crippen LogP) is 3.97. The van der Waals surface area contributed by atoms with E-state index in [1.54, 1.807) is 0 Å². The normalized spacial score (nSPS) is 12.1. The van der Waals surface area contributed by atoms with Crippen molar-refractivity contribution in [1.29, 1.82) is 0 Å². The molecule has 1 nitrogen and oxygen atoms in total. The van der Waals surface area contributed by atoms with E-state index in [1.165, 1.54) is 15.0 Å². The van der Waals surface area contributed by atoms with E-state index in [0.717, 1.165) is 13.0 Å². The van der Waals surface area contributed by atoms with E-state index in [9.17, 15) is 0 Å². The van der Waals surface area contributed by atoms with Crippen molar-refractivity contribution in [2.75, 3.05) is 6.54 Å². The van der Waals surface area contributed by atoms with Crippen LogP contribution in [0.25, 0.3) is 10.1 Å². The van der Waals surface area contributed by atoms with Crippen molar-refractivity contribution < 1.29 is 0 Å². The van der Waals surface area contributed by atoms with E-state index < -0.39 is 0 Å². The van der Waals surface area contributed by atoms with Crippen LogP contribution < -0.4 is 5.32 Å². The molecule has 2 rings (SSSR count). The van der Waals surface area contributed by atoms with Crippen LogP contribution in [0.1, 0.15) is 31.2 Å². The SMILES string of the molecule is CC#CCCNC(C)c1cc2ccccc2s1. The Morgan fingerprint density at radius 2 is 2.18 bits per heavy atom. The molecule has 0 amide bonds. The molecule has 0 spiro atoms. The average Bonchev–Trinajstić information content (AvgIpc) is 2.78. The first-order chi connectivity index (χ1) is 8.31. The van der Waals surface area contributed by atoms with E-state index in [-0.39, 0.29) is 0 Å². The lowest BCUT2D eigenvalue weighted by molar-refractivity contribution is 0.592. The maximum atomic E-state index is 3.50. The van der Waals surface area contributed by atoms with Gasteiger partial charge in [0.05, 0.1) is 0 Å². The summed E-state index contributed by atoms with van der Waals surface area (Å²) in [5.41, 5.74) is 0. The van der Waals surface area contributed by atoms with Crippen LogP contribution in [0.3, 0.4) is 0 Å². The van der Waals surface area contributed by atoms with Gasteiger partial charge < -0.3 is 5.32 Å². The summed E-state index contributed by atoms with van der Waals surface area (Å²) in [5.74, 6) is 5.99. The van der Waals surface area contributed by atoms with Gasteiger partial charge in [-0.1, -0.05) is 18.2 Å². The van der Waals surface area contributed by atoms with Gasteiger partial charge in [0.1, 0.15) is 0 Å². The highest BCUT2D eigenvalue weighted by Gasteiger charge is 2.07. The summed E-state index contributed by atoms with van der Waals surface area (Å²) < 4.78 is 1.37. The molecule has 0 bridgehead atoms. The molecule has 0 aliphatic heterocycles. The Bertz CT molecular complexity index is 512. The lowest BCUT2D eigenvalue weighted by Crippen LogP contribution is -2.18. The molecule has 1 aromatic carbocycles. The zero-order valence-corrected chi connectivity index (χ0v) is 11.1. The lowest BCUT2D eigenvalue weighted by Gasteiger charge is -2.09. The van der Waals surface area contributed by atoms with Gasteiger partial charge in [-0.05, 0) is 31.4 Å². The third kappa shape index (κ3) is 3.09. The number of benzene rings is 1. The van der Waals surface area contributed by atoms with E-state index in [1.807, 2.05) is 18.3 Å². The molecule has 0 saturated carbocycles. The molecular formula is C15H17NS. The van der Waals surface area contributed by atoms with Crippen LogP contribution in [0.2, 0.25) is 0 Å². The zero-order valence-electron chi connectivity index (χ0n) is 10.3. The average molecular weight is 243 g/mol. The molecule has 0 aliphatic carbocycles. The van der Waals surface area contributed by atoms with Gasteiger partial charge in [-0.25, -0.2) is 0 Å². The van der Waals surface area contributed by atoms with Gasteiger partial charge in [0.2, 0.25) is 0 Å². The lowest BCUT2D eigenvalue weighted by atomic mass is 10.2. The molecule has 1 heterocycles. The summed E-state index contributed by atoms with van der Waals surface area (Å²) in [7, 11) is 0. The van der Waals surface area contributed by atoms with Crippen LogP contribution in [0.15, 0.2) is 30.3 Å². The largest absolute Gasteiger partial charge is 0.309 e. The molecule has 0 fully saturated rings. The van der Waals surface area contributed by atoms with Crippen LogP contribution in [0.5, 0.6) is 0 Å². The maximum absolute atomic E-state index is 3.50. The number of rotatable bonds is 4. The van der Waals surface area contributed by atoms with Crippen LogP contribution >= 0.6 is 11.3 Å². The van der Waals surface area contributed by atoms with Crippen molar-refractivity contribution in [1.82, 2.24) is 5.32 Å². The minimum atomic E-state index is 0.408. The van der Waals surface area contributed by atoms with Crippen molar-refractivity contribution >= 4 is 21.4 Å². The molecule has 0 saturated heterocycles. The van der Waals surface area contributed by atoms with E-state index >= 15 is 0 Å². The second-order valence-electron chi connectivity index (χ2n) is 4.04. The Morgan fingerprint density at radius 1 is 1.35 bits per heavy atom. The first-order valence-electron chi connectivity index (χ1n) is 5.92. The Labute approximate surface area is 107 Å². The van der Waals surface area contributed by atoms with Gasteiger partial charge >= 0.3 is 0 Å². The summed E-state index contributed by atoms with van der Waals surface area (Å²) in [6.07, 6.45) is 0.922. The first kappa shape index (κ1) is 12.2. The van der Waals surface area contributed by atoms with Gasteiger partial charge in [-0.3, -0.25) is 0 Å². The number of hydrogen-bond acceptors (Lipinski definition) is 2. The smallest absolute Gasteiger partial charge is 0.0386 e. The molecule has 1 atom stereocenters. The molecule has 1 N–H and O–H groups in total. The molecule has 88 valence electrons. The van der Waals surface area contributed by atoms with E-state index in [4.69, 9.17) is 0 Å². The van der Waals surface area contributed by atoms with Crippen LogP contribution in [0, 0.1) is 11.8 Å². The van der Waals surface area contributed by atoms with E-state index in [2.05, 4.69) is 54.4 Å². The summed E-state index contributed by atoms with van der Waals surface area (Å²) in [4.78, 5) is 1.40. The second-order valence-corrected chi connectivity index (χ2v) is 5.15. The second kappa shape index (κ2) is 5.86. The zero-order chi connectivity index (χ0) is 12.1. The van der Waals surface area contributed by atoms with Gasteiger partial charge in [0.25, 0.3) is 0 Å². The highest BCUT2D eigenvalue weighted by atomic mass is 32.1. The number of hydrogen-bond donors (Lipinski definition) is 1. The molecular weight excluding hydrogens is 226 g/mol. The summed E-state index contributed by atoms with van der Waals surface area (Å²) in [5, 5.41) is 4.84. The Balaban J connectivity index is 2.02. The van der Waals surface area contributed by atoms with Crippen molar-refractivity contribution in [3.8, 4) is 11.8 Å². The van der Waals surface area contributed by atoms with Gasteiger partial charge in [0.15, 0.2) is 0 Å². The third-order valence-electron chi connectivity index (χ3n) is 2.75. The van der Waals surface area contributed by atoms with Gasteiger partial charge in [0, 0.05) is 28.6 Å². The minimum Gasteiger partial charge on any atom is -0.309 e. The fourth-order valence-corrected chi connectivity index (χ4v) is 2.88. The third-order valence-corrected chi connectivity index (χ3v) is 4.05. The standard InChI is InChI=1S/C15H17NS/c1-3-4-7-10-16-12(2)15-11-13-8-5-6-9-14(13)17-15/h5-6,8-9,11-12,16H,7,10H2,1-2H3. The summed E-state index contributed by atoms with van der Waals surface area (Å²) >= 11 is 1.87. The predicted molar refractivity (Wildman–Crippen MR) is 76.3 cm³/mol. The topological polar surface area (TPSA) is 12.0 Å². The molecule has 0 radical (unpaired) electrons. The van der Waals surface area contributed by atoms with Crippen molar-refractivity contribution in [2.45, 2.75) is 26.3 Å².